The maximum absolute atomic E-state index is 12.8. The van der Waals surface area contributed by atoms with E-state index in [0.29, 0.717) is 6.61 Å². The molecule has 2 fully saturated rings. The van der Waals surface area contributed by atoms with Gasteiger partial charge in [0.15, 0.2) is 0 Å². The minimum Gasteiger partial charge on any atom is -0.491 e. The summed E-state index contributed by atoms with van der Waals surface area (Å²) in [4.78, 5) is 14.7. The Bertz CT molecular complexity index is 556. The number of rotatable bonds is 7. The zero-order valence-corrected chi connectivity index (χ0v) is 16.4. The number of halogens is 1. The first kappa shape index (κ1) is 21.0. The van der Waals surface area contributed by atoms with Crippen molar-refractivity contribution in [1.82, 2.24) is 10.2 Å². The van der Waals surface area contributed by atoms with Gasteiger partial charge in [-0.2, -0.15) is 0 Å². The molecule has 26 heavy (non-hydrogen) atoms. The average molecular weight is 383 g/mol. The highest BCUT2D eigenvalue weighted by atomic mass is 35.5. The molecule has 1 N–H and O–H groups in total. The summed E-state index contributed by atoms with van der Waals surface area (Å²) in [6.45, 7) is 4.16. The summed E-state index contributed by atoms with van der Waals surface area (Å²) >= 11 is 0. The Morgan fingerprint density at radius 2 is 2.12 bits per heavy atom. The summed E-state index contributed by atoms with van der Waals surface area (Å²) in [6.07, 6.45) is 5.75. The van der Waals surface area contributed by atoms with Crippen LogP contribution in [0.3, 0.4) is 0 Å². The Balaban J connectivity index is 0.00000243. The molecule has 3 rings (SSSR count). The number of piperidine rings is 1. The van der Waals surface area contributed by atoms with E-state index in [1.165, 1.54) is 6.42 Å². The summed E-state index contributed by atoms with van der Waals surface area (Å²) in [7, 11) is 1.99. The summed E-state index contributed by atoms with van der Waals surface area (Å²) in [6, 6.07) is 7.56. The van der Waals surface area contributed by atoms with E-state index >= 15 is 0 Å². The molecule has 2 saturated heterocycles. The zero-order chi connectivity index (χ0) is 17.5. The van der Waals surface area contributed by atoms with E-state index < -0.39 is 0 Å². The first-order chi connectivity index (χ1) is 12.3. The Hall–Kier alpha value is -1.30. The van der Waals surface area contributed by atoms with Gasteiger partial charge in [0.2, 0.25) is 0 Å². The quantitative estimate of drug-likeness (QED) is 0.787. The molecular weight excluding hydrogens is 352 g/mol. The van der Waals surface area contributed by atoms with Crippen molar-refractivity contribution in [2.45, 2.75) is 38.2 Å². The van der Waals surface area contributed by atoms with Gasteiger partial charge in [-0.1, -0.05) is 6.07 Å². The molecule has 1 aromatic carbocycles. The van der Waals surface area contributed by atoms with Gasteiger partial charge in [-0.05, 0) is 69.8 Å². The Morgan fingerprint density at radius 3 is 2.81 bits per heavy atom. The van der Waals surface area contributed by atoms with Crippen LogP contribution in [0.1, 0.15) is 42.5 Å². The van der Waals surface area contributed by atoms with Gasteiger partial charge in [0.25, 0.3) is 5.91 Å². The van der Waals surface area contributed by atoms with E-state index in [1.54, 1.807) is 0 Å². The van der Waals surface area contributed by atoms with Gasteiger partial charge in [0.1, 0.15) is 12.4 Å². The van der Waals surface area contributed by atoms with Crippen LogP contribution in [0.25, 0.3) is 0 Å². The van der Waals surface area contributed by atoms with Crippen LogP contribution in [0.5, 0.6) is 5.75 Å². The average Bonchev–Trinajstić information content (AvgIpc) is 3.18. The second-order valence-electron chi connectivity index (χ2n) is 7.10. The predicted molar refractivity (Wildman–Crippen MR) is 105 cm³/mol. The van der Waals surface area contributed by atoms with Crippen LogP contribution in [-0.2, 0) is 4.74 Å². The van der Waals surface area contributed by atoms with Crippen LogP contribution in [-0.4, -0.2) is 56.8 Å². The number of likely N-dealkylation sites (tertiary alicyclic amines) is 1. The van der Waals surface area contributed by atoms with Gasteiger partial charge in [0, 0.05) is 25.3 Å². The van der Waals surface area contributed by atoms with Gasteiger partial charge in [-0.15, -0.1) is 12.4 Å². The van der Waals surface area contributed by atoms with E-state index in [2.05, 4.69) is 5.32 Å². The highest BCUT2D eigenvalue weighted by Gasteiger charge is 2.23. The maximum atomic E-state index is 12.8. The molecule has 0 radical (unpaired) electrons. The van der Waals surface area contributed by atoms with Crippen molar-refractivity contribution in [2.75, 3.05) is 39.9 Å². The van der Waals surface area contributed by atoms with Crippen molar-refractivity contribution in [2.24, 2.45) is 5.92 Å². The van der Waals surface area contributed by atoms with Crippen LogP contribution >= 0.6 is 12.4 Å². The molecule has 1 amide bonds. The third-order valence-corrected chi connectivity index (χ3v) is 5.25. The fraction of sp³-hybridized carbons (Fsp3) is 0.650. The highest BCUT2D eigenvalue weighted by molar-refractivity contribution is 5.94. The zero-order valence-electron chi connectivity index (χ0n) is 15.6. The van der Waals surface area contributed by atoms with Crippen LogP contribution < -0.4 is 10.1 Å². The molecule has 5 nitrogen and oxygen atoms in total. The molecule has 2 aliphatic rings. The fourth-order valence-electron chi connectivity index (χ4n) is 3.64. The van der Waals surface area contributed by atoms with Crippen molar-refractivity contribution in [3.8, 4) is 5.75 Å². The third-order valence-electron chi connectivity index (χ3n) is 5.25. The predicted octanol–water partition coefficient (Wildman–Crippen LogP) is 3.13. The van der Waals surface area contributed by atoms with Crippen LogP contribution in [0, 0.1) is 5.92 Å². The lowest BCUT2D eigenvalue weighted by Gasteiger charge is -2.32. The molecule has 0 spiro atoms. The lowest BCUT2D eigenvalue weighted by Crippen LogP contribution is -2.39. The number of carbonyl (C=O) groups is 1. The van der Waals surface area contributed by atoms with Crippen molar-refractivity contribution in [3.05, 3.63) is 29.8 Å². The Kier molecular flexibility index (Phi) is 8.69. The minimum atomic E-state index is 0. The number of benzene rings is 1. The number of carbonyl (C=O) groups excluding carboxylic acids is 1. The van der Waals surface area contributed by atoms with Crippen molar-refractivity contribution >= 4 is 18.3 Å². The molecule has 1 aromatic rings. The summed E-state index contributed by atoms with van der Waals surface area (Å²) in [5, 5.41) is 3.21. The molecule has 2 aliphatic heterocycles. The van der Waals surface area contributed by atoms with E-state index in [9.17, 15) is 4.79 Å². The van der Waals surface area contributed by atoms with Gasteiger partial charge >= 0.3 is 0 Å². The SMILES string of the molecule is CNCCC1CCN(C(=O)c2cccc(OCC3CCCO3)c2)CC1.Cl. The number of hydrogen-bond donors (Lipinski definition) is 1. The van der Waals surface area contributed by atoms with Crippen LogP contribution in [0.4, 0.5) is 0 Å². The first-order valence-electron chi connectivity index (χ1n) is 9.54. The fourth-order valence-corrected chi connectivity index (χ4v) is 3.64. The summed E-state index contributed by atoms with van der Waals surface area (Å²) < 4.78 is 11.4. The van der Waals surface area contributed by atoms with Crippen LogP contribution in [0.15, 0.2) is 24.3 Å². The van der Waals surface area contributed by atoms with E-state index in [4.69, 9.17) is 9.47 Å². The largest absolute Gasteiger partial charge is 0.491 e. The van der Waals surface area contributed by atoms with Gasteiger partial charge < -0.3 is 19.7 Å². The maximum Gasteiger partial charge on any atom is 0.253 e. The van der Waals surface area contributed by atoms with Gasteiger partial charge in [-0.3, -0.25) is 4.79 Å². The van der Waals surface area contributed by atoms with E-state index in [0.717, 1.165) is 69.2 Å². The van der Waals surface area contributed by atoms with Gasteiger partial charge in [0.05, 0.1) is 6.10 Å². The molecule has 6 heteroatoms. The van der Waals surface area contributed by atoms with Crippen molar-refractivity contribution < 1.29 is 14.3 Å². The second kappa shape index (κ2) is 10.8. The second-order valence-corrected chi connectivity index (χ2v) is 7.10. The topological polar surface area (TPSA) is 50.8 Å². The lowest BCUT2D eigenvalue weighted by atomic mass is 9.93. The summed E-state index contributed by atoms with van der Waals surface area (Å²) in [5.74, 6) is 1.61. The number of ether oxygens (including phenoxy) is 2. The molecule has 146 valence electrons. The van der Waals surface area contributed by atoms with E-state index in [-0.39, 0.29) is 24.4 Å². The molecule has 0 bridgehead atoms. The standard InChI is InChI=1S/C20H30N2O3.ClH/c1-21-10-7-16-8-11-22(12-9-16)20(23)17-4-2-5-18(14-17)25-15-19-6-3-13-24-19;/h2,4-5,14,16,19,21H,3,6-13,15H2,1H3;1H. The smallest absolute Gasteiger partial charge is 0.253 e. The van der Waals surface area contributed by atoms with Crippen molar-refractivity contribution in [1.29, 1.82) is 0 Å². The van der Waals surface area contributed by atoms with Crippen LogP contribution in [0.2, 0.25) is 0 Å². The molecule has 1 unspecified atom stereocenters. The monoisotopic (exact) mass is 382 g/mol. The van der Waals surface area contributed by atoms with E-state index in [1.807, 2.05) is 36.2 Å². The lowest BCUT2D eigenvalue weighted by molar-refractivity contribution is 0.0669. The van der Waals surface area contributed by atoms with Gasteiger partial charge in [-0.25, -0.2) is 0 Å². The Labute approximate surface area is 162 Å². The third kappa shape index (κ3) is 5.86. The Morgan fingerprint density at radius 1 is 1.31 bits per heavy atom. The number of amides is 1. The first-order valence-corrected chi connectivity index (χ1v) is 9.54. The summed E-state index contributed by atoms with van der Waals surface area (Å²) in [5.41, 5.74) is 0.721. The number of nitrogens with one attached hydrogen (secondary N) is 1. The minimum absolute atomic E-state index is 0. The molecule has 0 aliphatic carbocycles. The molecule has 0 aromatic heterocycles. The number of hydrogen-bond acceptors (Lipinski definition) is 4. The molecule has 2 heterocycles. The highest BCUT2D eigenvalue weighted by Crippen LogP contribution is 2.23. The number of nitrogens with zero attached hydrogens (tertiary/aromatic N) is 1. The van der Waals surface area contributed by atoms with Crippen molar-refractivity contribution in [3.63, 3.8) is 0 Å². The molecular formula is C20H31ClN2O3. The normalized spacial score (nSPS) is 20.7. The molecule has 1 atom stereocenters. The molecule has 0 saturated carbocycles.